The summed E-state index contributed by atoms with van der Waals surface area (Å²) < 4.78 is 5.11. The summed E-state index contributed by atoms with van der Waals surface area (Å²) in [5.74, 6) is -1.08. The van der Waals surface area contributed by atoms with Crippen LogP contribution in [0.4, 0.5) is 5.69 Å². The van der Waals surface area contributed by atoms with E-state index >= 15 is 0 Å². The standard InChI is InChI=1S/C14H10ClNO4/c15-12-4-3-11(20-12)13(17)16-6-5-8-7-9(14(18)19)1-2-10(8)16/h1-4,7H,5-6H2,(H,18,19). The van der Waals surface area contributed by atoms with Crippen molar-refractivity contribution in [3.8, 4) is 0 Å². The third-order valence-electron chi connectivity index (χ3n) is 3.25. The van der Waals surface area contributed by atoms with Crippen molar-refractivity contribution in [3.63, 3.8) is 0 Å². The lowest BCUT2D eigenvalue weighted by Crippen LogP contribution is -2.28. The Kier molecular flexibility index (Phi) is 2.99. The van der Waals surface area contributed by atoms with Crippen LogP contribution in [0.25, 0.3) is 0 Å². The second-order valence-corrected chi connectivity index (χ2v) is 4.83. The summed E-state index contributed by atoms with van der Waals surface area (Å²) in [6, 6.07) is 7.77. The number of furan rings is 1. The van der Waals surface area contributed by atoms with Gasteiger partial charge in [-0.05, 0) is 53.9 Å². The third-order valence-corrected chi connectivity index (χ3v) is 3.45. The second kappa shape index (κ2) is 4.68. The van der Waals surface area contributed by atoms with Gasteiger partial charge in [0.1, 0.15) is 0 Å². The van der Waals surface area contributed by atoms with Crippen LogP contribution < -0.4 is 4.90 Å². The maximum absolute atomic E-state index is 12.3. The zero-order valence-electron chi connectivity index (χ0n) is 10.3. The van der Waals surface area contributed by atoms with Crippen LogP contribution in [-0.2, 0) is 6.42 Å². The second-order valence-electron chi connectivity index (χ2n) is 4.46. The van der Waals surface area contributed by atoms with Crippen LogP contribution >= 0.6 is 11.6 Å². The Morgan fingerprint density at radius 3 is 2.70 bits per heavy atom. The number of fused-ring (bicyclic) bond motifs is 1. The minimum absolute atomic E-state index is 0.161. The number of benzene rings is 1. The van der Waals surface area contributed by atoms with Crippen molar-refractivity contribution < 1.29 is 19.1 Å². The van der Waals surface area contributed by atoms with Gasteiger partial charge in [0.2, 0.25) is 0 Å². The highest BCUT2D eigenvalue weighted by atomic mass is 35.5. The molecule has 20 heavy (non-hydrogen) atoms. The number of carbonyl (C=O) groups is 2. The van der Waals surface area contributed by atoms with E-state index in [-0.39, 0.29) is 22.5 Å². The van der Waals surface area contributed by atoms with E-state index in [1.807, 2.05) is 0 Å². The third kappa shape index (κ3) is 2.06. The highest BCUT2D eigenvalue weighted by Gasteiger charge is 2.28. The molecule has 1 aliphatic heterocycles. The number of aromatic carboxylic acids is 1. The van der Waals surface area contributed by atoms with Gasteiger partial charge in [0, 0.05) is 12.2 Å². The number of halogens is 1. The SMILES string of the molecule is O=C(O)c1ccc2c(c1)CCN2C(=O)c1ccc(Cl)o1. The minimum Gasteiger partial charge on any atom is -0.478 e. The number of carbonyl (C=O) groups excluding carboxylic acids is 1. The van der Waals surface area contributed by atoms with Gasteiger partial charge in [-0.15, -0.1) is 0 Å². The Hall–Kier alpha value is -2.27. The number of hydrogen-bond donors (Lipinski definition) is 1. The Morgan fingerprint density at radius 2 is 2.05 bits per heavy atom. The van der Waals surface area contributed by atoms with Crippen molar-refractivity contribution in [2.75, 3.05) is 11.4 Å². The molecule has 5 nitrogen and oxygen atoms in total. The molecule has 2 heterocycles. The fourth-order valence-electron chi connectivity index (χ4n) is 2.31. The van der Waals surface area contributed by atoms with E-state index in [1.54, 1.807) is 17.0 Å². The van der Waals surface area contributed by atoms with Crippen LogP contribution in [0.2, 0.25) is 5.22 Å². The number of carboxylic acid groups (broad SMARTS) is 1. The lowest BCUT2D eigenvalue weighted by atomic mass is 10.1. The quantitative estimate of drug-likeness (QED) is 0.923. The van der Waals surface area contributed by atoms with Crippen LogP contribution in [0.15, 0.2) is 34.7 Å². The first-order valence-corrected chi connectivity index (χ1v) is 6.37. The molecular weight excluding hydrogens is 282 g/mol. The zero-order valence-corrected chi connectivity index (χ0v) is 11.1. The normalized spacial score (nSPS) is 13.3. The molecule has 0 radical (unpaired) electrons. The lowest BCUT2D eigenvalue weighted by Gasteiger charge is -2.15. The summed E-state index contributed by atoms with van der Waals surface area (Å²) in [4.78, 5) is 24.8. The summed E-state index contributed by atoms with van der Waals surface area (Å²) in [6.07, 6.45) is 0.622. The Labute approximate surface area is 119 Å². The minimum atomic E-state index is -0.976. The van der Waals surface area contributed by atoms with Crippen molar-refractivity contribution in [3.05, 3.63) is 52.4 Å². The molecule has 2 aromatic rings. The topological polar surface area (TPSA) is 70.8 Å². The highest BCUT2D eigenvalue weighted by Crippen LogP contribution is 2.30. The van der Waals surface area contributed by atoms with Crippen molar-refractivity contribution in [1.82, 2.24) is 0 Å². The number of hydrogen-bond acceptors (Lipinski definition) is 3. The van der Waals surface area contributed by atoms with Gasteiger partial charge in [-0.3, -0.25) is 4.79 Å². The Morgan fingerprint density at radius 1 is 1.25 bits per heavy atom. The fourth-order valence-corrected chi connectivity index (χ4v) is 2.45. The zero-order chi connectivity index (χ0) is 14.3. The van der Waals surface area contributed by atoms with Crippen LogP contribution in [0.1, 0.15) is 26.5 Å². The van der Waals surface area contributed by atoms with Crippen LogP contribution in [0.5, 0.6) is 0 Å². The van der Waals surface area contributed by atoms with E-state index in [2.05, 4.69) is 0 Å². The van der Waals surface area contributed by atoms with E-state index in [9.17, 15) is 9.59 Å². The van der Waals surface area contributed by atoms with Crippen molar-refractivity contribution >= 4 is 29.2 Å². The molecular formula is C14H10ClNO4. The maximum Gasteiger partial charge on any atom is 0.335 e. The molecule has 6 heteroatoms. The van der Waals surface area contributed by atoms with Gasteiger partial charge in [-0.1, -0.05) is 0 Å². The van der Waals surface area contributed by atoms with E-state index < -0.39 is 5.97 Å². The number of amides is 1. The molecule has 0 aliphatic carbocycles. The van der Waals surface area contributed by atoms with Gasteiger partial charge < -0.3 is 14.4 Å². The highest BCUT2D eigenvalue weighted by molar-refractivity contribution is 6.29. The van der Waals surface area contributed by atoms with Gasteiger partial charge in [0.05, 0.1) is 5.56 Å². The number of rotatable bonds is 2. The largest absolute Gasteiger partial charge is 0.478 e. The molecule has 0 spiro atoms. The van der Waals surface area contributed by atoms with Crippen molar-refractivity contribution in [2.24, 2.45) is 0 Å². The summed E-state index contributed by atoms with van der Waals surface area (Å²) >= 11 is 5.66. The number of nitrogens with zero attached hydrogens (tertiary/aromatic N) is 1. The molecule has 1 aromatic carbocycles. The summed E-state index contributed by atoms with van der Waals surface area (Å²) in [5, 5.41) is 9.12. The Bertz CT molecular complexity index is 707. The smallest absolute Gasteiger partial charge is 0.335 e. The van der Waals surface area contributed by atoms with Gasteiger partial charge in [-0.2, -0.15) is 0 Å². The molecule has 3 rings (SSSR count). The van der Waals surface area contributed by atoms with E-state index in [0.717, 1.165) is 5.56 Å². The summed E-state index contributed by atoms with van der Waals surface area (Å²) in [5.41, 5.74) is 1.78. The predicted octanol–water partition coefficient (Wildman–Crippen LogP) is 2.83. The summed E-state index contributed by atoms with van der Waals surface area (Å²) in [6.45, 7) is 0.496. The predicted molar refractivity (Wildman–Crippen MR) is 72.5 cm³/mol. The van der Waals surface area contributed by atoms with Gasteiger partial charge in [0.25, 0.3) is 5.91 Å². The van der Waals surface area contributed by atoms with Crippen molar-refractivity contribution in [1.29, 1.82) is 0 Å². The number of anilines is 1. The molecule has 0 bridgehead atoms. The Balaban J connectivity index is 1.93. The van der Waals surface area contributed by atoms with Crippen LogP contribution in [-0.4, -0.2) is 23.5 Å². The maximum atomic E-state index is 12.3. The van der Waals surface area contributed by atoms with Gasteiger partial charge >= 0.3 is 5.97 Å². The van der Waals surface area contributed by atoms with Gasteiger partial charge in [0.15, 0.2) is 11.0 Å². The number of carboxylic acids is 1. The molecule has 102 valence electrons. The molecule has 0 fully saturated rings. The molecule has 1 aromatic heterocycles. The summed E-state index contributed by atoms with van der Waals surface area (Å²) in [7, 11) is 0. The molecule has 0 atom stereocenters. The van der Waals surface area contributed by atoms with Crippen LogP contribution in [0.3, 0.4) is 0 Å². The molecule has 0 saturated heterocycles. The molecule has 1 amide bonds. The molecule has 0 unspecified atom stereocenters. The first-order valence-electron chi connectivity index (χ1n) is 5.99. The van der Waals surface area contributed by atoms with E-state index in [0.29, 0.717) is 18.7 Å². The molecule has 1 aliphatic rings. The van der Waals surface area contributed by atoms with Crippen LogP contribution in [0, 0.1) is 0 Å². The average molecular weight is 292 g/mol. The lowest BCUT2D eigenvalue weighted by molar-refractivity contribution is 0.0696. The fraction of sp³-hybridized carbons (Fsp3) is 0.143. The van der Waals surface area contributed by atoms with Gasteiger partial charge in [-0.25, -0.2) is 4.79 Å². The first-order chi connectivity index (χ1) is 9.56. The molecule has 0 saturated carbocycles. The van der Waals surface area contributed by atoms with E-state index in [4.69, 9.17) is 21.1 Å². The molecule has 1 N–H and O–H groups in total. The first kappa shape index (κ1) is 12.7. The van der Waals surface area contributed by atoms with Crippen molar-refractivity contribution in [2.45, 2.75) is 6.42 Å². The average Bonchev–Trinajstić information content (AvgIpc) is 3.03. The van der Waals surface area contributed by atoms with E-state index in [1.165, 1.54) is 18.2 Å². The monoisotopic (exact) mass is 291 g/mol.